The third-order valence-corrected chi connectivity index (χ3v) is 3.27. The number of ether oxygens (including phenoxy) is 1. The summed E-state index contributed by atoms with van der Waals surface area (Å²) in [5.41, 5.74) is -0.0809. The molecule has 0 atom stereocenters. The lowest BCUT2D eigenvalue weighted by atomic mass is 9.98. The molecule has 1 fully saturated rings. The highest BCUT2D eigenvalue weighted by molar-refractivity contribution is 6.32. The van der Waals surface area contributed by atoms with Gasteiger partial charge in [-0.2, -0.15) is 0 Å². The second kappa shape index (κ2) is 5.36. The fraction of sp³-hybridized carbons (Fsp3) is 0.500. The molecule has 0 radical (unpaired) electrons. The second-order valence-corrected chi connectivity index (χ2v) is 4.66. The summed E-state index contributed by atoms with van der Waals surface area (Å²) in [6, 6.07) is 4.52. The first-order chi connectivity index (χ1) is 8.16. The van der Waals surface area contributed by atoms with Crippen LogP contribution < -0.4 is 4.74 Å². The van der Waals surface area contributed by atoms with Crippen molar-refractivity contribution in [1.82, 2.24) is 0 Å². The Labute approximate surface area is 105 Å². The Morgan fingerprint density at radius 1 is 1.29 bits per heavy atom. The maximum atomic E-state index is 10.6. The van der Waals surface area contributed by atoms with Crippen molar-refractivity contribution in [2.75, 3.05) is 0 Å². The molecule has 1 aliphatic carbocycles. The van der Waals surface area contributed by atoms with Crippen molar-refractivity contribution in [1.29, 1.82) is 0 Å². The summed E-state index contributed by atoms with van der Waals surface area (Å²) in [6.45, 7) is 0. The van der Waals surface area contributed by atoms with E-state index in [1.165, 1.54) is 31.4 Å². The van der Waals surface area contributed by atoms with Gasteiger partial charge < -0.3 is 4.74 Å². The summed E-state index contributed by atoms with van der Waals surface area (Å²) < 4.78 is 5.76. The maximum absolute atomic E-state index is 10.6. The highest BCUT2D eigenvalue weighted by Gasteiger charge is 2.17. The van der Waals surface area contributed by atoms with E-state index in [0.29, 0.717) is 5.75 Å². The average Bonchev–Trinajstić information content (AvgIpc) is 2.30. The molecular weight excluding hydrogens is 242 g/mol. The van der Waals surface area contributed by atoms with Gasteiger partial charge in [0.15, 0.2) is 0 Å². The maximum Gasteiger partial charge on any atom is 0.288 e. The summed E-state index contributed by atoms with van der Waals surface area (Å²) >= 11 is 5.82. The van der Waals surface area contributed by atoms with Gasteiger partial charge in [0.2, 0.25) is 0 Å². The zero-order chi connectivity index (χ0) is 12.3. The molecule has 92 valence electrons. The molecule has 0 aromatic heterocycles. The number of nitrogens with zero attached hydrogens (tertiary/aromatic N) is 1. The highest BCUT2D eigenvalue weighted by Crippen LogP contribution is 2.30. The van der Waals surface area contributed by atoms with Gasteiger partial charge in [0, 0.05) is 12.1 Å². The minimum Gasteiger partial charge on any atom is -0.490 e. The van der Waals surface area contributed by atoms with Gasteiger partial charge in [-0.05, 0) is 31.7 Å². The zero-order valence-corrected chi connectivity index (χ0v) is 10.2. The second-order valence-electron chi connectivity index (χ2n) is 4.25. The first-order valence-corrected chi connectivity index (χ1v) is 6.15. The molecule has 0 heterocycles. The van der Waals surface area contributed by atoms with Gasteiger partial charge in [0.1, 0.15) is 10.8 Å². The molecule has 0 N–H and O–H groups in total. The summed E-state index contributed by atoms with van der Waals surface area (Å²) in [5.74, 6) is 0.618. The lowest BCUT2D eigenvalue weighted by Gasteiger charge is -2.22. The van der Waals surface area contributed by atoms with E-state index in [-0.39, 0.29) is 16.8 Å². The highest BCUT2D eigenvalue weighted by atomic mass is 35.5. The molecule has 4 nitrogen and oxygen atoms in total. The van der Waals surface area contributed by atoms with E-state index in [9.17, 15) is 10.1 Å². The van der Waals surface area contributed by atoms with E-state index >= 15 is 0 Å². The Kier molecular flexibility index (Phi) is 3.84. The van der Waals surface area contributed by atoms with E-state index in [0.717, 1.165) is 12.8 Å². The lowest BCUT2D eigenvalue weighted by Crippen LogP contribution is -2.19. The molecule has 5 heteroatoms. The Hall–Kier alpha value is -1.29. The molecular formula is C12H14ClNO3. The van der Waals surface area contributed by atoms with Crippen molar-refractivity contribution < 1.29 is 9.66 Å². The predicted octanol–water partition coefficient (Wildman–Crippen LogP) is 3.96. The Bertz CT molecular complexity index is 416. The van der Waals surface area contributed by atoms with E-state index in [1.807, 2.05) is 0 Å². The molecule has 1 aromatic carbocycles. The molecule has 0 aliphatic heterocycles. The number of nitro benzene ring substituents is 1. The van der Waals surface area contributed by atoms with Crippen molar-refractivity contribution in [3.05, 3.63) is 33.3 Å². The van der Waals surface area contributed by atoms with Gasteiger partial charge in [0.25, 0.3) is 5.69 Å². The molecule has 1 aromatic rings. The predicted molar refractivity (Wildman–Crippen MR) is 65.6 cm³/mol. The Morgan fingerprint density at radius 3 is 2.59 bits per heavy atom. The molecule has 1 saturated carbocycles. The number of hydrogen-bond acceptors (Lipinski definition) is 3. The Balaban J connectivity index is 2.06. The van der Waals surface area contributed by atoms with Crippen LogP contribution in [-0.4, -0.2) is 11.0 Å². The number of benzene rings is 1. The monoisotopic (exact) mass is 255 g/mol. The van der Waals surface area contributed by atoms with Crippen LogP contribution in [0.3, 0.4) is 0 Å². The van der Waals surface area contributed by atoms with Crippen molar-refractivity contribution in [2.45, 2.75) is 38.2 Å². The molecule has 17 heavy (non-hydrogen) atoms. The minimum atomic E-state index is -0.493. The topological polar surface area (TPSA) is 52.4 Å². The van der Waals surface area contributed by atoms with Gasteiger partial charge in [-0.25, -0.2) is 0 Å². The number of halogens is 1. The van der Waals surface area contributed by atoms with Crippen LogP contribution in [0.1, 0.15) is 32.1 Å². The van der Waals surface area contributed by atoms with Gasteiger partial charge in [-0.1, -0.05) is 18.0 Å². The molecule has 0 amide bonds. The third-order valence-electron chi connectivity index (χ3n) is 2.97. The van der Waals surface area contributed by atoms with Crippen LogP contribution in [0.4, 0.5) is 5.69 Å². The van der Waals surface area contributed by atoms with Crippen LogP contribution >= 0.6 is 11.6 Å². The van der Waals surface area contributed by atoms with Gasteiger partial charge >= 0.3 is 0 Å². The van der Waals surface area contributed by atoms with E-state index in [1.54, 1.807) is 6.07 Å². The molecule has 1 aliphatic rings. The fourth-order valence-corrected chi connectivity index (χ4v) is 2.32. The number of nitro groups is 1. The normalized spacial score (nSPS) is 16.8. The molecule has 0 spiro atoms. The van der Waals surface area contributed by atoms with Crippen molar-refractivity contribution in [3.8, 4) is 5.75 Å². The summed E-state index contributed by atoms with van der Waals surface area (Å²) in [5, 5.41) is 10.7. The van der Waals surface area contributed by atoms with Crippen LogP contribution in [0, 0.1) is 10.1 Å². The van der Waals surface area contributed by atoms with Gasteiger partial charge in [-0.3, -0.25) is 10.1 Å². The molecule has 0 unspecified atom stereocenters. The zero-order valence-electron chi connectivity index (χ0n) is 9.39. The first kappa shape index (κ1) is 12.2. The van der Waals surface area contributed by atoms with Crippen LogP contribution in [0.15, 0.2) is 18.2 Å². The van der Waals surface area contributed by atoms with Crippen LogP contribution in [0.25, 0.3) is 0 Å². The average molecular weight is 256 g/mol. The van der Waals surface area contributed by atoms with Crippen molar-refractivity contribution in [2.24, 2.45) is 0 Å². The van der Waals surface area contributed by atoms with Crippen LogP contribution in [0.5, 0.6) is 5.75 Å². The fourth-order valence-electron chi connectivity index (χ4n) is 2.08. The standard InChI is InChI=1S/C12H14ClNO3/c13-11-8-10(6-7-12(11)14(15)16)17-9-4-2-1-3-5-9/h6-9H,1-5H2. The molecule has 0 saturated heterocycles. The number of rotatable bonds is 3. The van der Waals surface area contributed by atoms with E-state index in [4.69, 9.17) is 16.3 Å². The molecule has 2 rings (SSSR count). The largest absolute Gasteiger partial charge is 0.490 e. The van der Waals surface area contributed by atoms with E-state index < -0.39 is 4.92 Å². The smallest absolute Gasteiger partial charge is 0.288 e. The summed E-state index contributed by atoms with van der Waals surface area (Å²) in [6.07, 6.45) is 5.96. The van der Waals surface area contributed by atoms with Crippen molar-refractivity contribution in [3.63, 3.8) is 0 Å². The van der Waals surface area contributed by atoms with Crippen LogP contribution in [-0.2, 0) is 0 Å². The van der Waals surface area contributed by atoms with Gasteiger partial charge in [-0.15, -0.1) is 0 Å². The third kappa shape index (κ3) is 3.09. The van der Waals surface area contributed by atoms with Crippen molar-refractivity contribution >= 4 is 17.3 Å². The van der Waals surface area contributed by atoms with Crippen LogP contribution in [0.2, 0.25) is 5.02 Å². The summed E-state index contributed by atoms with van der Waals surface area (Å²) in [7, 11) is 0. The lowest BCUT2D eigenvalue weighted by molar-refractivity contribution is -0.384. The molecule has 0 bridgehead atoms. The number of hydrogen-bond donors (Lipinski definition) is 0. The quantitative estimate of drug-likeness (QED) is 0.607. The Morgan fingerprint density at radius 2 is 2.00 bits per heavy atom. The van der Waals surface area contributed by atoms with Gasteiger partial charge in [0.05, 0.1) is 11.0 Å². The minimum absolute atomic E-state index is 0.0809. The van der Waals surface area contributed by atoms with E-state index in [2.05, 4.69) is 0 Å². The summed E-state index contributed by atoms with van der Waals surface area (Å²) in [4.78, 5) is 10.1. The SMILES string of the molecule is O=[N+]([O-])c1ccc(OC2CCCCC2)cc1Cl. The first-order valence-electron chi connectivity index (χ1n) is 5.77.